The zero-order valence-corrected chi connectivity index (χ0v) is 17.8. The predicted octanol–water partition coefficient (Wildman–Crippen LogP) is 4.53. The summed E-state index contributed by atoms with van der Waals surface area (Å²) in [6.07, 6.45) is 1.41. The van der Waals surface area contributed by atoms with Gasteiger partial charge in [0, 0.05) is 43.1 Å². The minimum absolute atomic E-state index is 0.112. The van der Waals surface area contributed by atoms with Crippen LogP contribution in [-0.4, -0.2) is 35.8 Å². The lowest BCUT2D eigenvalue weighted by Gasteiger charge is -2.23. The number of benzene rings is 2. The van der Waals surface area contributed by atoms with Gasteiger partial charge in [-0.15, -0.1) is 0 Å². The van der Waals surface area contributed by atoms with Crippen LogP contribution < -0.4 is 15.5 Å². The number of nitrogens with zero attached hydrogens (tertiary/aromatic N) is 3. The largest absolute Gasteiger partial charge is 0.383 e. The van der Waals surface area contributed by atoms with Gasteiger partial charge in [0.2, 0.25) is 5.95 Å². The Morgan fingerprint density at radius 3 is 2.36 bits per heavy atom. The molecule has 2 N–H and O–H groups in total. The Bertz CT molecular complexity index is 1090. The zero-order chi connectivity index (χ0) is 24.0. The van der Waals surface area contributed by atoms with Gasteiger partial charge in [0.05, 0.1) is 18.8 Å². The van der Waals surface area contributed by atoms with E-state index in [0.717, 1.165) is 17.0 Å². The van der Waals surface area contributed by atoms with Gasteiger partial charge >= 0.3 is 6.03 Å². The molecule has 3 aromatic rings. The fourth-order valence-corrected chi connectivity index (χ4v) is 2.98. The van der Waals surface area contributed by atoms with Gasteiger partial charge in [0.15, 0.2) is 0 Å². The van der Waals surface area contributed by atoms with Crippen molar-refractivity contribution < 1.29 is 27.1 Å². The second-order valence-corrected chi connectivity index (χ2v) is 7.06. The number of nitrogens with one attached hydrogen (secondary N) is 2. The Labute approximate surface area is 187 Å². The van der Waals surface area contributed by atoms with E-state index in [1.807, 2.05) is 6.92 Å². The van der Waals surface area contributed by atoms with Crippen LogP contribution in [0.25, 0.3) is 0 Å². The number of carbonyl (C=O) groups excluding carboxylic acids is 1. The van der Waals surface area contributed by atoms with Crippen molar-refractivity contribution in [3.63, 3.8) is 0 Å². The molecule has 2 aromatic carbocycles. The summed E-state index contributed by atoms with van der Waals surface area (Å²) in [4.78, 5) is 22.5. The van der Waals surface area contributed by atoms with Crippen molar-refractivity contribution in [3.05, 3.63) is 77.5 Å². The molecule has 0 aliphatic heterocycles. The first-order valence-corrected chi connectivity index (χ1v) is 9.84. The standard InChI is InChI=1S/C22H21F4N5O2/c1-13(12-33-2)29-21-27-8-7-20(30-21)31(16-5-3-14(23)4-6-16)22(32)28-11-17-18(25)9-15(24)10-19(17)26/h3-10,13H,11-12H2,1-2H3,(H,28,32)(H,27,29,30). The van der Waals surface area contributed by atoms with Crippen LogP contribution >= 0.6 is 0 Å². The molecule has 1 aromatic heterocycles. The van der Waals surface area contributed by atoms with Crippen LogP contribution in [0.1, 0.15) is 12.5 Å². The molecule has 0 saturated carbocycles. The monoisotopic (exact) mass is 463 g/mol. The van der Waals surface area contributed by atoms with Crippen molar-refractivity contribution in [2.75, 3.05) is 23.9 Å². The van der Waals surface area contributed by atoms with Gasteiger partial charge < -0.3 is 15.4 Å². The number of urea groups is 1. The SMILES string of the molecule is COCC(C)Nc1nccc(N(C(=O)NCc2c(F)cc(F)cc2F)c2ccc(F)cc2)n1. The molecule has 2 amide bonds. The van der Waals surface area contributed by atoms with Crippen LogP contribution in [0.15, 0.2) is 48.7 Å². The summed E-state index contributed by atoms with van der Waals surface area (Å²) >= 11 is 0. The van der Waals surface area contributed by atoms with Gasteiger partial charge in [-0.2, -0.15) is 4.98 Å². The molecule has 1 atom stereocenters. The third kappa shape index (κ3) is 6.16. The molecular weight excluding hydrogens is 442 g/mol. The van der Waals surface area contributed by atoms with Gasteiger partial charge in [-0.25, -0.2) is 32.2 Å². The first-order valence-electron chi connectivity index (χ1n) is 9.84. The molecule has 33 heavy (non-hydrogen) atoms. The average molecular weight is 463 g/mol. The van der Waals surface area contributed by atoms with E-state index in [2.05, 4.69) is 20.6 Å². The lowest BCUT2D eigenvalue weighted by molar-refractivity contribution is 0.190. The van der Waals surface area contributed by atoms with Crippen molar-refractivity contribution in [2.24, 2.45) is 0 Å². The third-order valence-electron chi connectivity index (χ3n) is 4.47. The van der Waals surface area contributed by atoms with E-state index >= 15 is 0 Å². The van der Waals surface area contributed by atoms with Gasteiger partial charge in [-0.05, 0) is 31.2 Å². The highest BCUT2D eigenvalue weighted by Gasteiger charge is 2.22. The maximum Gasteiger partial charge on any atom is 0.327 e. The molecule has 0 radical (unpaired) electrons. The Hall–Kier alpha value is -3.73. The maximum absolute atomic E-state index is 14.0. The van der Waals surface area contributed by atoms with Crippen LogP contribution in [0.3, 0.4) is 0 Å². The minimum Gasteiger partial charge on any atom is -0.383 e. The number of hydrogen-bond acceptors (Lipinski definition) is 5. The Morgan fingerprint density at radius 1 is 1.06 bits per heavy atom. The summed E-state index contributed by atoms with van der Waals surface area (Å²) < 4.78 is 59.6. The zero-order valence-electron chi connectivity index (χ0n) is 17.8. The van der Waals surface area contributed by atoms with Crippen LogP contribution in [0.4, 0.5) is 39.8 Å². The number of hydrogen-bond donors (Lipinski definition) is 2. The Kier molecular flexibility index (Phi) is 7.78. The predicted molar refractivity (Wildman–Crippen MR) is 114 cm³/mol. The summed E-state index contributed by atoms with van der Waals surface area (Å²) in [6.45, 7) is 1.66. The summed E-state index contributed by atoms with van der Waals surface area (Å²) in [6, 6.07) is 6.52. The first kappa shape index (κ1) is 23.9. The molecule has 0 bridgehead atoms. The lowest BCUT2D eigenvalue weighted by Crippen LogP contribution is -2.37. The fourth-order valence-electron chi connectivity index (χ4n) is 2.98. The second kappa shape index (κ2) is 10.7. The molecular formula is C22H21F4N5O2. The van der Waals surface area contributed by atoms with E-state index in [1.165, 1.54) is 24.4 Å². The minimum atomic E-state index is -1.14. The van der Waals surface area contributed by atoms with Gasteiger partial charge in [0.1, 0.15) is 29.1 Å². The van der Waals surface area contributed by atoms with E-state index in [4.69, 9.17) is 4.74 Å². The fraction of sp³-hybridized carbons (Fsp3) is 0.227. The first-order chi connectivity index (χ1) is 15.8. The molecule has 0 fully saturated rings. The molecule has 174 valence electrons. The van der Waals surface area contributed by atoms with Crippen molar-refractivity contribution in [2.45, 2.75) is 19.5 Å². The van der Waals surface area contributed by atoms with E-state index in [0.29, 0.717) is 18.7 Å². The quantitative estimate of drug-likeness (QED) is 0.480. The van der Waals surface area contributed by atoms with Crippen LogP contribution in [0, 0.1) is 23.3 Å². The van der Waals surface area contributed by atoms with Gasteiger partial charge in [0.25, 0.3) is 0 Å². The number of amides is 2. The van der Waals surface area contributed by atoms with Gasteiger partial charge in [-0.1, -0.05) is 0 Å². The van der Waals surface area contributed by atoms with E-state index in [9.17, 15) is 22.4 Å². The van der Waals surface area contributed by atoms with Crippen molar-refractivity contribution in [1.82, 2.24) is 15.3 Å². The van der Waals surface area contributed by atoms with Crippen LogP contribution in [0.5, 0.6) is 0 Å². The number of halogens is 4. The molecule has 0 aliphatic carbocycles. The molecule has 1 unspecified atom stereocenters. The summed E-state index contributed by atoms with van der Waals surface area (Å²) in [7, 11) is 1.54. The molecule has 0 aliphatic rings. The van der Waals surface area contributed by atoms with E-state index < -0.39 is 41.4 Å². The molecule has 3 rings (SSSR count). The highest BCUT2D eigenvalue weighted by molar-refractivity contribution is 5.98. The second-order valence-electron chi connectivity index (χ2n) is 7.06. The smallest absolute Gasteiger partial charge is 0.327 e. The number of methoxy groups -OCH3 is 1. The number of ether oxygens (including phenoxy) is 1. The number of aromatic nitrogens is 2. The summed E-state index contributed by atoms with van der Waals surface area (Å²) in [5.74, 6) is -3.55. The molecule has 0 spiro atoms. The normalized spacial score (nSPS) is 11.7. The summed E-state index contributed by atoms with van der Waals surface area (Å²) in [5.41, 5.74) is -0.272. The molecule has 7 nitrogen and oxygen atoms in total. The van der Waals surface area contributed by atoms with E-state index in [1.54, 1.807) is 7.11 Å². The number of anilines is 3. The number of rotatable bonds is 8. The van der Waals surface area contributed by atoms with Crippen LogP contribution in [0.2, 0.25) is 0 Å². The molecule has 11 heteroatoms. The molecule has 0 saturated heterocycles. The highest BCUT2D eigenvalue weighted by Crippen LogP contribution is 2.25. The average Bonchev–Trinajstić information content (AvgIpc) is 2.75. The topological polar surface area (TPSA) is 79.4 Å². The third-order valence-corrected chi connectivity index (χ3v) is 4.47. The maximum atomic E-state index is 14.0. The Morgan fingerprint density at radius 2 is 1.73 bits per heavy atom. The molecule has 1 heterocycles. The number of carbonyl (C=O) groups is 1. The Balaban J connectivity index is 1.89. The highest BCUT2D eigenvalue weighted by atomic mass is 19.1. The lowest BCUT2D eigenvalue weighted by atomic mass is 10.2. The van der Waals surface area contributed by atoms with Crippen molar-refractivity contribution >= 4 is 23.5 Å². The van der Waals surface area contributed by atoms with Crippen molar-refractivity contribution in [3.8, 4) is 0 Å². The van der Waals surface area contributed by atoms with Gasteiger partial charge in [-0.3, -0.25) is 0 Å². The van der Waals surface area contributed by atoms with Crippen molar-refractivity contribution in [1.29, 1.82) is 0 Å². The van der Waals surface area contributed by atoms with Crippen LogP contribution in [-0.2, 0) is 11.3 Å². The van der Waals surface area contributed by atoms with E-state index in [-0.39, 0.29) is 23.5 Å². The summed E-state index contributed by atoms with van der Waals surface area (Å²) in [5, 5.41) is 5.40.